The van der Waals surface area contributed by atoms with Crippen molar-refractivity contribution in [3.8, 4) is 0 Å². The van der Waals surface area contributed by atoms with E-state index in [1.165, 1.54) is 4.90 Å². The number of ketones is 1. The van der Waals surface area contributed by atoms with E-state index >= 15 is 0 Å². The highest BCUT2D eigenvalue weighted by molar-refractivity contribution is 6.03. The Morgan fingerprint density at radius 3 is 2.38 bits per heavy atom. The van der Waals surface area contributed by atoms with E-state index in [-0.39, 0.29) is 74.0 Å². The average molecular weight is 340 g/mol. The molecule has 1 rings (SSSR count). The van der Waals surface area contributed by atoms with E-state index < -0.39 is 0 Å². The number of likely N-dealkylation sites (tertiary alicyclic amines) is 1. The van der Waals surface area contributed by atoms with Crippen LogP contribution in [0, 0.1) is 17.8 Å². The summed E-state index contributed by atoms with van der Waals surface area (Å²) < 4.78 is 5.19. The van der Waals surface area contributed by atoms with Crippen molar-refractivity contribution in [3.63, 3.8) is 0 Å². The Morgan fingerprint density at radius 1 is 1.25 bits per heavy atom. The van der Waals surface area contributed by atoms with E-state index in [9.17, 15) is 19.2 Å². The number of hydrogen-bond acceptors (Lipinski definition) is 5. The Kier molecular flexibility index (Phi) is 7.54. The summed E-state index contributed by atoms with van der Waals surface area (Å²) in [5, 5.41) is 0. The van der Waals surface area contributed by atoms with Gasteiger partial charge in [0.05, 0.1) is 13.0 Å². The number of ether oxygens (including phenoxy) is 1. The molecule has 0 aromatic carbocycles. The SMILES string of the molecule is CC(C)C(=O)COCCC(=O)N(C)CN1C(=O)CC(C(C)C)C1=O. The molecule has 0 spiro atoms. The minimum atomic E-state index is -0.300. The standard InChI is InChI=1S/C17H28N2O5/c1-11(2)13-8-16(22)19(17(13)23)10-18(5)15(21)6-7-24-9-14(20)12(3)4/h11-13H,6-10H2,1-5H3. The Morgan fingerprint density at radius 2 is 1.88 bits per heavy atom. The van der Waals surface area contributed by atoms with Crippen LogP contribution >= 0.6 is 0 Å². The van der Waals surface area contributed by atoms with Crippen LogP contribution in [0.3, 0.4) is 0 Å². The number of amides is 3. The van der Waals surface area contributed by atoms with Gasteiger partial charge in [-0.3, -0.25) is 24.1 Å². The van der Waals surface area contributed by atoms with Crippen LogP contribution in [-0.2, 0) is 23.9 Å². The maximum absolute atomic E-state index is 12.2. The molecule has 0 bridgehead atoms. The van der Waals surface area contributed by atoms with Crippen LogP contribution in [0.1, 0.15) is 40.5 Å². The first-order chi connectivity index (χ1) is 11.1. The summed E-state index contributed by atoms with van der Waals surface area (Å²) in [6, 6.07) is 0. The third kappa shape index (κ3) is 5.40. The number of Topliss-reactive ketones (excluding diaryl/α,β-unsaturated/α-hetero) is 1. The highest BCUT2D eigenvalue weighted by Crippen LogP contribution is 2.26. The van der Waals surface area contributed by atoms with Crippen LogP contribution in [0.25, 0.3) is 0 Å². The topological polar surface area (TPSA) is 84.0 Å². The van der Waals surface area contributed by atoms with Crippen molar-refractivity contribution in [2.45, 2.75) is 40.5 Å². The van der Waals surface area contributed by atoms with Gasteiger partial charge in [-0.1, -0.05) is 27.7 Å². The van der Waals surface area contributed by atoms with Gasteiger partial charge in [0.25, 0.3) is 0 Å². The van der Waals surface area contributed by atoms with E-state index in [0.29, 0.717) is 0 Å². The zero-order valence-electron chi connectivity index (χ0n) is 15.2. The molecule has 1 unspecified atom stereocenters. The van der Waals surface area contributed by atoms with Crippen molar-refractivity contribution in [2.24, 2.45) is 17.8 Å². The third-order valence-electron chi connectivity index (χ3n) is 4.21. The van der Waals surface area contributed by atoms with Crippen molar-refractivity contribution in [1.29, 1.82) is 0 Å². The number of carbonyl (C=O) groups is 4. The molecule has 24 heavy (non-hydrogen) atoms. The van der Waals surface area contributed by atoms with Gasteiger partial charge in [-0.05, 0) is 5.92 Å². The third-order valence-corrected chi connectivity index (χ3v) is 4.21. The van der Waals surface area contributed by atoms with E-state index in [2.05, 4.69) is 0 Å². The first kappa shape index (κ1) is 20.3. The number of imide groups is 1. The summed E-state index contributed by atoms with van der Waals surface area (Å²) in [5.41, 5.74) is 0. The smallest absolute Gasteiger partial charge is 0.234 e. The summed E-state index contributed by atoms with van der Waals surface area (Å²) in [6.45, 7) is 7.49. The van der Waals surface area contributed by atoms with Gasteiger partial charge in [0.15, 0.2) is 5.78 Å². The monoisotopic (exact) mass is 340 g/mol. The first-order valence-electron chi connectivity index (χ1n) is 8.33. The molecule has 7 heteroatoms. The summed E-state index contributed by atoms with van der Waals surface area (Å²) in [7, 11) is 1.55. The van der Waals surface area contributed by atoms with Crippen LogP contribution < -0.4 is 0 Å². The molecule has 1 aliphatic rings. The zero-order chi connectivity index (χ0) is 18.4. The maximum Gasteiger partial charge on any atom is 0.234 e. The van der Waals surface area contributed by atoms with Crippen molar-refractivity contribution < 1.29 is 23.9 Å². The van der Waals surface area contributed by atoms with Gasteiger partial charge in [-0.15, -0.1) is 0 Å². The summed E-state index contributed by atoms with van der Waals surface area (Å²) in [4.78, 5) is 50.1. The van der Waals surface area contributed by atoms with Crippen LogP contribution in [0.2, 0.25) is 0 Å². The van der Waals surface area contributed by atoms with Crippen LogP contribution in [-0.4, -0.2) is 60.2 Å². The van der Waals surface area contributed by atoms with Crippen LogP contribution in [0.4, 0.5) is 0 Å². The molecule has 7 nitrogen and oxygen atoms in total. The molecule has 1 atom stereocenters. The van der Waals surface area contributed by atoms with Gasteiger partial charge in [-0.2, -0.15) is 0 Å². The second-order valence-electron chi connectivity index (χ2n) is 6.87. The van der Waals surface area contributed by atoms with E-state index in [4.69, 9.17) is 4.74 Å². The largest absolute Gasteiger partial charge is 0.373 e. The molecule has 0 saturated carbocycles. The lowest BCUT2D eigenvalue weighted by atomic mass is 9.94. The predicted molar refractivity (Wildman–Crippen MR) is 87.7 cm³/mol. The highest BCUT2D eigenvalue weighted by Gasteiger charge is 2.40. The molecule has 1 heterocycles. The Balaban J connectivity index is 2.40. The quantitative estimate of drug-likeness (QED) is 0.463. The van der Waals surface area contributed by atoms with Gasteiger partial charge < -0.3 is 9.64 Å². The molecule has 3 amide bonds. The summed E-state index contributed by atoms with van der Waals surface area (Å²) >= 11 is 0. The highest BCUT2D eigenvalue weighted by atomic mass is 16.5. The van der Waals surface area contributed by atoms with E-state index in [0.717, 1.165) is 4.90 Å². The Hall–Kier alpha value is -1.76. The zero-order valence-corrected chi connectivity index (χ0v) is 15.2. The molecule has 0 aromatic heterocycles. The van der Waals surface area contributed by atoms with E-state index in [1.807, 2.05) is 13.8 Å². The number of carbonyl (C=O) groups excluding carboxylic acids is 4. The average Bonchev–Trinajstić information content (AvgIpc) is 2.79. The van der Waals surface area contributed by atoms with Gasteiger partial charge in [0, 0.05) is 25.3 Å². The molecule has 1 fully saturated rings. The fourth-order valence-corrected chi connectivity index (χ4v) is 2.36. The molecule has 0 radical (unpaired) electrons. The van der Waals surface area contributed by atoms with Gasteiger partial charge in [0.2, 0.25) is 17.7 Å². The van der Waals surface area contributed by atoms with Gasteiger partial charge in [-0.25, -0.2) is 0 Å². The lowest BCUT2D eigenvalue weighted by molar-refractivity contribution is -0.145. The van der Waals surface area contributed by atoms with Crippen LogP contribution in [0.5, 0.6) is 0 Å². The second-order valence-corrected chi connectivity index (χ2v) is 6.87. The maximum atomic E-state index is 12.2. The fourth-order valence-electron chi connectivity index (χ4n) is 2.36. The predicted octanol–water partition coefficient (Wildman–Crippen LogP) is 1.07. The Bertz CT molecular complexity index is 501. The molecule has 136 valence electrons. The van der Waals surface area contributed by atoms with Crippen molar-refractivity contribution in [2.75, 3.05) is 26.9 Å². The lowest BCUT2D eigenvalue weighted by Gasteiger charge is -2.24. The molecule has 0 aliphatic carbocycles. The molecular formula is C17H28N2O5. The second kappa shape index (κ2) is 8.92. The van der Waals surface area contributed by atoms with Crippen molar-refractivity contribution in [3.05, 3.63) is 0 Å². The molecule has 1 saturated heterocycles. The van der Waals surface area contributed by atoms with Crippen LogP contribution in [0.15, 0.2) is 0 Å². The number of hydrogen-bond donors (Lipinski definition) is 0. The normalized spacial score (nSPS) is 18.0. The van der Waals surface area contributed by atoms with E-state index in [1.54, 1.807) is 20.9 Å². The molecule has 0 N–H and O–H groups in total. The summed E-state index contributed by atoms with van der Waals surface area (Å²) in [5.74, 6) is -0.995. The minimum absolute atomic E-state index is 0.00612. The molecular weight excluding hydrogens is 312 g/mol. The Labute approximate surface area is 143 Å². The summed E-state index contributed by atoms with van der Waals surface area (Å²) in [6.07, 6.45) is 0.310. The van der Waals surface area contributed by atoms with Gasteiger partial charge in [0.1, 0.15) is 13.3 Å². The number of nitrogens with zero attached hydrogens (tertiary/aromatic N) is 2. The minimum Gasteiger partial charge on any atom is -0.373 e. The van der Waals surface area contributed by atoms with Crippen molar-refractivity contribution in [1.82, 2.24) is 9.80 Å². The van der Waals surface area contributed by atoms with Gasteiger partial charge >= 0.3 is 0 Å². The number of rotatable bonds is 9. The lowest BCUT2D eigenvalue weighted by Crippen LogP contribution is -2.43. The fraction of sp³-hybridized carbons (Fsp3) is 0.765. The molecule has 1 aliphatic heterocycles. The first-order valence-corrected chi connectivity index (χ1v) is 8.33. The van der Waals surface area contributed by atoms with Crippen molar-refractivity contribution >= 4 is 23.5 Å². The molecule has 0 aromatic rings.